The van der Waals surface area contributed by atoms with Crippen LogP contribution in [0.1, 0.15) is 49.8 Å². The number of rotatable bonds is 8. The van der Waals surface area contributed by atoms with Crippen molar-refractivity contribution in [3.8, 4) is 5.75 Å². The van der Waals surface area contributed by atoms with Crippen LogP contribution < -0.4 is 10.1 Å². The smallest absolute Gasteiger partial charge is 0.265 e. The van der Waals surface area contributed by atoms with Crippen molar-refractivity contribution in [2.75, 3.05) is 5.32 Å². The molecule has 0 aliphatic rings. The van der Waals surface area contributed by atoms with Gasteiger partial charge < -0.3 is 10.1 Å². The molecule has 0 aromatic heterocycles. The largest absolute Gasteiger partial charge is 0.480 e. The Balaban J connectivity index is 2.00. The van der Waals surface area contributed by atoms with E-state index in [1.165, 1.54) is 18.4 Å². The second-order valence-electron chi connectivity index (χ2n) is 6.57. The normalized spacial score (nSPS) is 11.8. The number of hydrogen-bond acceptors (Lipinski definition) is 2. The van der Waals surface area contributed by atoms with Gasteiger partial charge in [-0.05, 0) is 68.0 Å². The number of benzene rings is 2. The molecule has 134 valence electrons. The van der Waals surface area contributed by atoms with Gasteiger partial charge in [-0.3, -0.25) is 4.79 Å². The summed E-state index contributed by atoms with van der Waals surface area (Å²) in [6.07, 6.45) is 3.58. The first-order chi connectivity index (χ1) is 12.0. The molecular formula is C22H29NO2. The predicted octanol–water partition coefficient (Wildman–Crippen LogP) is 5.44. The second-order valence-corrected chi connectivity index (χ2v) is 6.57. The number of nitrogens with one attached hydrogen (secondary N) is 1. The molecule has 0 radical (unpaired) electrons. The van der Waals surface area contributed by atoms with Crippen LogP contribution in [-0.2, 0) is 11.2 Å². The molecule has 0 saturated carbocycles. The zero-order valence-electron chi connectivity index (χ0n) is 15.8. The first-order valence-corrected chi connectivity index (χ1v) is 9.17. The van der Waals surface area contributed by atoms with E-state index in [2.05, 4.69) is 24.4 Å². The highest BCUT2D eigenvalue weighted by atomic mass is 16.5. The average Bonchev–Trinajstić information content (AvgIpc) is 2.61. The number of hydrogen-bond donors (Lipinski definition) is 1. The number of ether oxygens (including phenoxy) is 1. The quantitative estimate of drug-likeness (QED) is 0.695. The lowest BCUT2D eigenvalue weighted by molar-refractivity contribution is -0.122. The van der Waals surface area contributed by atoms with Crippen LogP contribution in [0.2, 0.25) is 0 Å². The van der Waals surface area contributed by atoms with Crippen LogP contribution in [0.5, 0.6) is 5.75 Å². The highest BCUT2D eigenvalue weighted by Gasteiger charge is 2.19. The van der Waals surface area contributed by atoms with E-state index in [0.29, 0.717) is 6.42 Å². The third-order valence-electron chi connectivity index (χ3n) is 4.32. The van der Waals surface area contributed by atoms with Crippen LogP contribution in [0, 0.1) is 13.8 Å². The van der Waals surface area contributed by atoms with Crippen LogP contribution in [-0.4, -0.2) is 12.0 Å². The summed E-state index contributed by atoms with van der Waals surface area (Å²) in [7, 11) is 0. The maximum Gasteiger partial charge on any atom is 0.265 e. The first kappa shape index (κ1) is 19.0. The number of carbonyl (C=O) groups excluding carboxylic acids is 1. The molecule has 0 spiro atoms. The topological polar surface area (TPSA) is 38.3 Å². The molecule has 0 unspecified atom stereocenters. The first-order valence-electron chi connectivity index (χ1n) is 9.17. The minimum Gasteiger partial charge on any atom is -0.480 e. The van der Waals surface area contributed by atoms with Gasteiger partial charge in [0.1, 0.15) is 5.75 Å². The lowest BCUT2D eigenvalue weighted by Gasteiger charge is -2.19. The summed E-state index contributed by atoms with van der Waals surface area (Å²) >= 11 is 0. The molecule has 0 aliphatic heterocycles. The van der Waals surface area contributed by atoms with Crippen molar-refractivity contribution in [2.45, 2.75) is 59.5 Å². The van der Waals surface area contributed by atoms with Crippen LogP contribution >= 0.6 is 0 Å². The highest BCUT2D eigenvalue weighted by Crippen LogP contribution is 2.22. The van der Waals surface area contributed by atoms with E-state index >= 15 is 0 Å². The number of amides is 1. The third-order valence-corrected chi connectivity index (χ3v) is 4.32. The zero-order valence-corrected chi connectivity index (χ0v) is 15.8. The Labute approximate surface area is 151 Å². The fourth-order valence-electron chi connectivity index (χ4n) is 2.67. The molecular weight excluding hydrogens is 310 g/mol. The minimum absolute atomic E-state index is 0.107. The van der Waals surface area contributed by atoms with Crippen LogP contribution in [0.3, 0.4) is 0 Å². The van der Waals surface area contributed by atoms with Crippen molar-refractivity contribution >= 4 is 11.6 Å². The van der Waals surface area contributed by atoms with Gasteiger partial charge in [0.25, 0.3) is 5.91 Å². The molecule has 0 fully saturated rings. The Morgan fingerprint density at radius 1 is 1.08 bits per heavy atom. The summed E-state index contributed by atoms with van der Waals surface area (Å²) in [5.74, 6) is 0.668. The van der Waals surface area contributed by atoms with E-state index < -0.39 is 6.10 Å². The van der Waals surface area contributed by atoms with Crippen molar-refractivity contribution in [3.05, 3.63) is 59.2 Å². The lowest BCUT2D eigenvalue weighted by atomic mass is 10.1. The molecule has 0 aliphatic carbocycles. The van der Waals surface area contributed by atoms with E-state index in [1.54, 1.807) is 0 Å². The van der Waals surface area contributed by atoms with E-state index in [0.717, 1.165) is 29.0 Å². The molecule has 0 saturated heterocycles. The molecule has 1 amide bonds. The molecule has 1 atom stereocenters. The highest BCUT2D eigenvalue weighted by molar-refractivity contribution is 5.94. The fourth-order valence-corrected chi connectivity index (χ4v) is 2.67. The van der Waals surface area contributed by atoms with Gasteiger partial charge in [-0.15, -0.1) is 0 Å². The van der Waals surface area contributed by atoms with Crippen LogP contribution in [0.4, 0.5) is 5.69 Å². The lowest BCUT2D eigenvalue weighted by Crippen LogP contribution is -2.32. The number of anilines is 1. The van der Waals surface area contributed by atoms with E-state index in [1.807, 2.05) is 51.1 Å². The number of carbonyl (C=O) groups is 1. The van der Waals surface area contributed by atoms with Crippen molar-refractivity contribution in [1.29, 1.82) is 0 Å². The summed E-state index contributed by atoms with van der Waals surface area (Å²) in [4.78, 5) is 12.6. The van der Waals surface area contributed by atoms with Crippen molar-refractivity contribution < 1.29 is 9.53 Å². The summed E-state index contributed by atoms with van der Waals surface area (Å²) in [5, 5.41) is 2.97. The molecule has 2 rings (SSSR count). The Morgan fingerprint density at radius 2 is 1.80 bits per heavy atom. The van der Waals surface area contributed by atoms with Crippen LogP contribution in [0.15, 0.2) is 42.5 Å². The number of unbranched alkanes of at least 4 members (excludes halogenated alkanes) is 1. The summed E-state index contributed by atoms with van der Waals surface area (Å²) in [6.45, 7) is 8.17. The van der Waals surface area contributed by atoms with E-state index in [4.69, 9.17) is 4.74 Å². The molecule has 3 heteroatoms. The Morgan fingerprint density at radius 3 is 2.44 bits per heavy atom. The Bertz CT molecular complexity index is 692. The Kier molecular flexibility index (Phi) is 7.05. The summed E-state index contributed by atoms with van der Waals surface area (Å²) < 4.78 is 5.97. The molecule has 0 bridgehead atoms. The van der Waals surface area contributed by atoms with Gasteiger partial charge in [-0.2, -0.15) is 0 Å². The molecule has 2 aromatic rings. The molecule has 25 heavy (non-hydrogen) atoms. The number of aryl methyl sites for hydroxylation is 3. The average molecular weight is 339 g/mol. The standard InChI is InChI=1S/C22H29NO2/c1-5-7-8-18-11-13-19(14-12-18)23-22(24)20(6-2)25-21-15-16(3)9-10-17(21)4/h9-15,20H,5-8H2,1-4H3,(H,23,24)/t20-/m1/s1. The van der Waals surface area contributed by atoms with E-state index in [9.17, 15) is 4.79 Å². The molecule has 1 N–H and O–H groups in total. The third kappa shape index (κ3) is 5.63. The Hall–Kier alpha value is -2.29. The SMILES string of the molecule is CCCCc1ccc(NC(=O)[C@@H](CC)Oc2cc(C)ccc2C)cc1. The maximum absolute atomic E-state index is 12.6. The van der Waals surface area contributed by atoms with Gasteiger partial charge >= 0.3 is 0 Å². The van der Waals surface area contributed by atoms with Crippen molar-refractivity contribution in [3.63, 3.8) is 0 Å². The van der Waals surface area contributed by atoms with Gasteiger partial charge in [-0.25, -0.2) is 0 Å². The fraction of sp³-hybridized carbons (Fsp3) is 0.409. The summed E-state index contributed by atoms with van der Waals surface area (Å²) in [5.41, 5.74) is 4.28. The zero-order chi connectivity index (χ0) is 18.2. The van der Waals surface area contributed by atoms with Crippen molar-refractivity contribution in [1.82, 2.24) is 0 Å². The van der Waals surface area contributed by atoms with Gasteiger partial charge in [0.15, 0.2) is 6.10 Å². The summed E-state index contributed by atoms with van der Waals surface area (Å²) in [6, 6.07) is 14.1. The maximum atomic E-state index is 12.6. The van der Waals surface area contributed by atoms with Gasteiger partial charge in [0.2, 0.25) is 0 Å². The molecule has 0 heterocycles. The second kappa shape index (κ2) is 9.26. The predicted molar refractivity (Wildman–Crippen MR) is 104 cm³/mol. The van der Waals surface area contributed by atoms with Crippen LogP contribution in [0.25, 0.3) is 0 Å². The van der Waals surface area contributed by atoms with E-state index in [-0.39, 0.29) is 5.91 Å². The van der Waals surface area contributed by atoms with Gasteiger partial charge in [0, 0.05) is 5.69 Å². The van der Waals surface area contributed by atoms with Gasteiger partial charge in [-0.1, -0.05) is 44.5 Å². The monoisotopic (exact) mass is 339 g/mol. The molecule has 2 aromatic carbocycles. The van der Waals surface area contributed by atoms with Gasteiger partial charge in [0.05, 0.1) is 0 Å². The molecule has 3 nitrogen and oxygen atoms in total. The minimum atomic E-state index is -0.500. The van der Waals surface area contributed by atoms with Crippen molar-refractivity contribution in [2.24, 2.45) is 0 Å².